The molecular formula is C22H25N5. The zero-order valence-electron chi connectivity index (χ0n) is 15.7. The highest BCUT2D eigenvalue weighted by Gasteiger charge is 2.13. The Morgan fingerprint density at radius 1 is 1.07 bits per heavy atom. The van der Waals surface area contributed by atoms with Crippen molar-refractivity contribution in [3.05, 3.63) is 47.9 Å². The molecule has 0 bridgehead atoms. The maximum atomic E-state index is 4.45. The standard InChI is InChI=1S/C22H25N5/c1-14-25-21-18(9-10-23-22(21)26-14)20-12-16-11-15(7-8-19(16)27-20)13-24-17-5-3-2-4-6-17/h7-12,17,24,27H,2-6,13H2,1H3,(H,23,25,26). The molecule has 1 aromatic carbocycles. The van der Waals surface area contributed by atoms with Crippen LogP contribution in [0.1, 0.15) is 43.5 Å². The number of fused-ring (bicyclic) bond motifs is 2. The molecule has 5 heteroatoms. The van der Waals surface area contributed by atoms with Crippen LogP contribution in [0.15, 0.2) is 36.5 Å². The SMILES string of the molecule is Cc1nc2nccc(-c3cc4cc(CNC5CCCCC5)ccc4[nH]3)c2[nH]1. The molecule has 3 aromatic heterocycles. The van der Waals surface area contributed by atoms with E-state index in [1.54, 1.807) is 0 Å². The lowest BCUT2D eigenvalue weighted by molar-refractivity contribution is 0.372. The predicted octanol–water partition coefficient (Wildman–Crippen LogP) is 4.84. The van der Waals surface area contributed by atoms with Crippen LogP contribution in [0.25, 0.3) is 33.3 Å². The van der Waals surface area contributed by atoms with Crippen molar-refractivity contribution >= 4 is 22.1 Å². The zero-order chi connectivity index (χ0) is 18.2. The third-order valence-electron chi connectivity index (χ3n) is 5.69. The van der Waals surface area contributed by atoms with Gasteiger partial charge in [0.15, 0.2) is 5.65 Å². The second-order valence-electron chi connectivity index (χ2n) is 7.70. The summed E-state index contributed by atoms with van der Waals surface area (Å²) in [5.41, 5.74) is 6.46. The molecule has 4 aromatic rings. The maximum absolute atomic E-state index is 4.45. The Kier molecular flexibility index (Phi) is 4.17. The second kappa shape index (κ2) is 6.82. The molecule has 0 spiro atoms. The van der Waals surface area contributed by atoms with E-state index >= 15 is 0 Å². The van der Waals surface area contributed by atoms with Crippen LogP contribution < -0.4 is 5.32 Å². The average Bonchev–Trinajstić information content (AvgIpc) is 3.28. The number of hydrogen-bond donors (Lipinski definition) is 3. The van der Waals surface area contributed by atoms with Gasteiger partial charge in [-0.1, -0.05) is 25.3 Å². The number of pyridine rings is 1. The van der Waals surface area contributed by atoms with E-state index in [0.29, 0.717) is 6.04 Å². The van der Waals surface area contributed by atoms with Crippen molar-refractivity contribution < 1.29 is 0 Å². The molecule has 1 aliphatic rings. The van der Waals surface area contributed by atoms with Gasteiger partial charge in [0.1, 0.15) is 5.82 Å². The number of aromatic nitrogens is 4. The molecule has 0 saturated heterocycles. The molecule has 0 aliphatic heterocycles. The summed E-state index contributed by atoms with van der Waals surface area (Å²) in [5, 5.41) is 4.98. The summed E-state index contributed by atoms with van der Waals surface area (Å²) in [5.74, 6) is 0.886. The zero-order valence-corrected chi connectivity index (χ0v) is 15.7. The van der Waals surface area contributed by atoms with Crippen LogP contribution in [0.5, 0.6) is 0 Å². The fourth-order valence-electron chi connectivity index (χ4n) is 4.26. The summed E-state index contributed by atoms with van der Waals surface area (Å²) in [4.78, 5) is 15.7. The van der Waals surface area contributed by atoms with Crippen LogP contribution in [0, 0.1) is 6.92 Å². The first kappa shape index (κ1) is 16.5. The van der Waals surface area contributed by atoms with Crippen molar-refractivity contribution in [3.8, 4) is 11.3 Å². The van der Waals surface area contributed by atoms with Gasteiger partial charge in [-0.3, -0.25) is 0 Å². The summed E-state index contributed by atoms with van der Waals surface area (Å²) in [6.45, 7) is 2.91. The largest absolute Gasteiger partial charge is 0.354 e. The number of aryl methyl sites for hydroxylation is 1. The number of hydrogen-bond acceptors (Lipinski definition) is 3. The van der Waals surface area contributed by atoms with Gasteiger partial charge in [0.05, 0.1) is 5.52 Å². The third kappa shape index (κ3) is 3.23. The molecule has 3 N–H and O–H groups in total. The fraction of sp³-hybridized carbons (Fsp3) is 0.364. The summed E-state index contributed by atoms with van der Waals surface area (Å²) in [7, 11) is 0. The lowest BCUT2D eigenvalue weighted by atomic mass is 9.95. The smallest absolute Gasteiger partial charge is 0.178 e. The molecule has 1 saturated carbocycles. The monoisotopic (exact) mass is 359 g/mol. The van der Waals surface area contributed by atoms with Crippen LogP contribution in [0.4, 0.5) is 0 Å². The lowest BCUT2D eigenvalue weighted by Crippen LogP contribution is -2.30. The first-order valence-electron chi connectivity index (χ1n) is 9.93. The van der Waals surface area contributed by atoms with Crippen molar-refractivity contribution in [1.29, 1.82) is 0 Å². The fourth-order valence-corrected chi connectivity index (χ4v) is 4.26. The highest BCUT2D eigenvalue weighted by atomic mass is 15.0. The summed E-state index contributed by atoms with van der Waals surface area (Å²) >= 11 is 0. The van der Waals surface area contributed by atoms with E-state index in [-0.39, 0.29) is 0 Å². The second-order valence-corrected chi connectivity index (χ2v) is 7.70. The molecule has 5 rings (SSSR count). The van der Waals surface area contributed by atoms with Crippen molar-refractivity contribution in [2.45, 2.75) is 51.6 Å². The first-order chi connectivity index (χ1) is 13.3. The van der Waals surface area contributed by atoms with E-state index < -0.39 is 0 Å². The molecule has 0 unspecified atom stereocenters. The quantitative estimate of drug-likeness (QED) is 0.488. The topological polar surface area (TPSA) is 69.4 Å². The molecule has 0 amide bonds. The van der Waals surface area contributed by atoms with Gasteiger partial charge >= 0.3 is 0 Å². The van der Waals surface area contributed by atoms with Crippen LogP contribution in [0.3, 0.4) is 0 Å². The van der Waals surface area contributed by atoms with Crippen LogP contribution >= 0.6 is 0 Å². The Balaban J connectivity index is 1.43. The number of rotatable bonds is 4. The van der Waals surface area contributed by atoms with E-state index in [9.17, 15) is 0 Å². The number of H-pyrrole nitrogens is 2. The molecule has 1 fully saturated rings. The molecule has 1 aliphatic carbocycles. The number of benzene rings is 1. The van der Waals surface area contributed by atoms with Gasteiger partial charge in [-0.15, -0.1) is 0 Å². The van der Waals surface area contributed by atoms with Gasteiger partial charge in [0.2, 0.25) is 0 Å². The van der Waals surface area contributed by atoms with Crippen LogP contribution in [0.2, 0.25) is 0 Å². The van der Waals surface area contributed by atoms with E-state index in [0.717, 1.165) is 40.3 Å². The Hall–Kier alpha value is -2.66. The predicted molar refractivity (Wildman–Crippen MR) is 110 cm³/mol. The first-order valence-corrected chi connectivity index (χ1v) is 9.93. The molecule has 138 valence electrons. The molecule has 5 nitrogen and oxygen atoms in total. The van der Waals surface area contributed by atoms with Crippen LogP contribution in [-0.2, 0) is 6.54 Å². The minimum Gasteiger partial charge on any atom is -0.354 e. The van der Waals surface area contributed by atoms with Crippen molar-refractivity contribution in [2.24, 2.45) is 0 Å². The van der Waals surface area contributed by atoms with Crippen molar-refractivity contribution in [3.63, 3.8) is 0 Å². The molecule has 27 heavy (non-hydrogen) atoms. The lowest BCUT2D eigenvalue weighted by Gasteiger charge is -2.22. The number of imidazole rings is 1. The van der Waals surface area contributed by atoms with Gasteiger partial charge in [0.25, 0.3) is 0 Å². The Labute approximate surface area is 158 Å². The van der Waals surface area contributed by atoms with E-state index in [2.05, 4.69) is 49.5 Å². The molecule has 3 heterocycles. The third-order valence-corrected chi connectivity index (χ3v) is 5.69. The number of aromatic amines is 2. The average molecular weight is 359 g/mol. The van der Waals surface area contributed by atoms with Gasteiger partial charge in [0, 0.05) is 40.9 Å². The van der Waals surface area contributed by atoms with Gasteiger partial charge < -0.3 is 15.3 Å². The molecule has 0 atom stereocenters. The highest BCUT2D eigenvalue weighted by Crippen LogP contribution is 2.29. The summed E-state index contributed by atoms with van der Waals surface area (Å²) in [6.07, 6.45) is 8.59. The van der Waals surface area contributed by atoms with Crippen LogP contribution in [-0.4, -0.2) is 26.0 Å². The van der Waals surface area contributed by atoms with Gasteiger partial charge in [-0.05, 0) is 49.6 Å². The minimum absolute atomic E-state index is 0.685. The maximum Gasteiger partial charge on any atom is 0.178 e. The van der Waals surface area contributed by atoms with Crippen molar-refractivity contribution in [2.75, 3.05) is 0 Å². The van der Waals surface area contributed by atoms with Crippen molar-refractivity contribution in [1.82, 2.24) is 25.3 Å². The Morgan fingerprint density at radius 2 is 1.96 bits per heavy atom. The Morgan fingerprint density at radius 3 is 2.85 bits per heavy atom. The normalized spacial score (nSPS) is 15.7. The Bertz CT molecular complexity index is 1080. The minimum atomic E-state index is 0.685. The number of nitrogens with one attached hydrogen (secondary N) is 3. The van der Waals surface area contributed by atoms with E-state index in [4.69, 9.17) is 0 Å². The van der Waals surface area contributed by atoms with E-state index in [1.807, 2.05) is 19.2 Å². The molecular weight excluding hydrogens is 334 g/mol. The summed E-state index contributed by atoms with van der Waals surface area (Å²) < 4.78 is 0. The van der Waals surface area contributed by atoms with Gasteiger partial charge in [-0.25, -0.2) is 9.97 Å². The number of nitrogens with zero attached hydrogens (tertiary/aromatic N) is 2. The van der Waals surface area contributed by atoms with Gasteiger partial charge in [-0.2, -0.15) is 0 Å². The molecule has 0 radical (unpaired) electrons. The van der Waals surface area contributed by atoms with E-state index in [1.165, 1.54) is 43.1 Å². The summed E-state index contributed by atoms with van der Waals surface area (Å²) in [6, 6.07) is 11.7. The highest BCUT2D eigenvalue weighted by molar-refractivity contribution is 5.94.